The number of aromatic nitrogens is 5. The Hall–Kier alpha value is -2.38. The van der Waals surface area contributed by atoms with Gasteiger partial charge in [0, 0.05) is 13.6 Å². The Kier molecular flexibility index (Phi) is 4.70. The molecule has 0 amide bonds. The summed E-state index contributed by atoms with van der Waals surface area (Å²) in [6, 6.07) is 0.395. The van der Waals surface area contributed by atoms with Gasteiger partial charge < -0.3 is 14.8 Å². The van der Waals surface area contributed by atoms with E-state index in [4.69, 9.17) is 9.47 Å². The predicted octanol–water partition coefficient (Wildman–Crippen LogP) is 1.71. The van der Waals surface area contributed by atoms with Crippen LogP contribution in [0.1, 0.15) is 20.3 Å². The molecule has 0 aromatic carbocycles. The van der Waals surface area contributed by atoms with Crippen LogP contribution >= 0.6 is 0 Å². The lowest BCUT2D eigenvalue weighted by Crippen LogP contribution is -2.05. The zero-order chi connectivity index (χ0) is 14.4. The SMILES string of the molecule is CCCn1cc(Oc2nc(NC)nc(OCC)n2)cn1. The van der Waals surface area contributed by atoms with Gasteiger partial charge in [-0.25, -0.2) is 0 Å². The van der Waals surface area contributed by atoms with Gasteiger partial charge in [0.05, 0.1) is 19.0 Å². The normalized spacial score (nSPS) is 10.3. The highest BCUT2D eigenvalue weighted by Gasteiger charge is 2.09. The summed E-state index contributed by atoms with van der Waals surface area (Å²) in [5.41, 5.74) is 0. The van der Waals surface area contributed by atoms with Crippen LogP contribution in [-0.2, 0) is 6.54 Å². The molecule has 0 fully saturated rings. The van der Waals surface area contributed by atoms with Crippen LogP contribution in [0.15, 0.2) is 12.4 Å². The molecule has 2 heterocycles. The number of rotatable bonds is 7. The van der Waals surface area contributed by atoms with Gasteiger partial charge in [0.15, 0.2) is 5.75 Å². The van der Waals surface area contributed by atoms with Crippen LogP contribution in [0.3, 0.4) is 0 Å². The first-order chi connectivity index (χ1) is 9.75. The van der Waals surface area contributed by atoms with Gasteiger partial charge >= 0.3 is 12.0 Å². The fourth-order valence-electron chi connectivity index (χ4n) is 1.54. The van der Waals surface area contributed by atoms with Crippen molar-refractivity contribution in [1.29, 1.82) is 0 Å². The maximum absolute atomic E-state index is 5.57. The van der Waals surface area contributed by atoms with E-state index in [0.717, 1.165) is 13.0 Å². The van der Waals surface area contributed by atoms with Gasteiger partial charge in [-0.1, -0.05) is 6.92 Å². The van der Waals surface area contributed by atoms with Crippen LogP contribution in [0.5, 0.6) is 17.8 Å². The Morgan fingerprint density at radius 1 is 1.20 bits per heavy atom. The van der Waals surface area contributed by atoms with Gasteiger partial charge in [-0.15, -0.1) is 4.98 Å². The lowest BCUT2D eigenvalue weighted by molar-refractivity contribution is 0.304. The van der Waals surface area contributed by atoms with Crippen molar-refractivity contribution in [2.75, 3.05) is 19.0 Å². The largest absolute Gasteiger partial charge is 0.464 e. The molecule has 20 heavy (non-hydrogen) atoms. The molecule has 0 atom stereocenters. The van der Waals surface area contributed by atoms with Crippen molar-refractivity contribution in [2.45, 2.75) is 26.8 Å². The Bertz CT molecular complexity index is 557. The predicted molar refractivity (Wildman–Crippen MR) is 73.1 cm³/mol. The van der Waals surface area contributed by atoms with E-state index in [9.17, 15) is 0 Å². The third-order valence-corrected chi connectivity index (χ3v) is 2.36. The van der Waals surface area contributed by atoms with E-state index in [-0.39, 0.29) is 12.0 Å². The first kappa shape index (κ1) is 14.0. The van der Waals surface area contributed by atoms with Gasteiger partial charge in [0.2, 0.25) is 5.95 Å². The zero-order valence-corrected chi connectivity index (χ0v) is 11.8. The first-order valence-corrected chi connectivity index (χ1v) is 6.52. The number of anilines is 1. The van der Waals surface area contributed by atoms with Gasteiger partial charge in [-0.2, -0.15) is 15.1 Å². The van der Waals surface area contributed by atoms with Crippen LogP contribution in [0, 0.1) is 0 Å². The Labute approximate surface area is 117 Å². The van der Waals surface area contributed by atoms with E-state index in [2.05, 4.69) is 32.3 Å². The summed E-state index contributed by atoms with van der Waals surface area (Å²) in [5, 5.41) is 7.01. The number of nitrogens with zero attached hydrogens (tertiary/aromatic N) is 5. The topological polar surface area (TPSA) is 87.0 Å². The van der Waals surface area contributed by atoms with Crippen LogP contribution in [0.2, 0.25) is 0 Å². The fourth-order valence-corrected chi connectivity index (χ4v) is 1.54. The minimum Gasteiger partial charge on any atom is -0.464 e. The van der Waals surface area contributed by atoms with Crippen LogP contribution in [0.4, 0.5) is 5.95 Å². The number of hydrogen-bond donors (Lipinski definition) is 1. The van der Waals surface area contributed by atoms with Crippen LogP contribution < -0.4 is 14.8 Å². The molecule has 0 bridgehead atoms. The summed E-state index contributed by atoms with van der Waals surface area (Å²) in [7, 11) is 1.72. The van der Waals surface area contributed by atoms with Crippen LogP contribution in [-0.4, -0.2) is 38.4 Å². The minimum atomic E-state index is 0.170. The van der Waals surface area contributed by atoms with E-state index >= 15 is 0 Å². The summed E-state index contributed by atoms with van der Waals surface area (Å²) in [6.45, 7) is 5.26. The second-order valence-electron chi connectivity index (χ2n) is 3.95. The molecule has 8 nitrogen and oxygen atoms in total. The Morgan fingerprint density at radius 3 is 2.70 bits per heavy atom. The van der Waals surface area contributed by atoms with E-state index in [1.807, 2.05) is 6.92 Å². The molecule has 2 aromatic rings. The first-order valence-electron chi connectivity index (χ1n) is 6.52. The van der Waals surface area contributed by atoms with Crippen molar-refractivity contribution < 1.29 is 9.47 Å². The molecule has 0 spiro atoms. The molecule has 8 heteroatoms. The molecule has 108 valence electrons. The highest BCUT2D eigenvalue weighted by Crippen LogP contribution is 2.19. The van der Waals surface area contributed by atoms with Crippen molar-refractivity contribution in [3.63, 3.8) is 0 Å². The zero-order valence-electron chi connectivity index (χ0n) is 11.8. The monoisotopic (exact) mass is 278 g/mol. The number of nitrogens with one attached hydrogen (secondary N) is 1. The van der Waals surface area contributed by atoms with E-state index < -0.39 is 0 Å². The van der Waals surface area contributed by atoms with E-state index in [0.29, 0.717) is 18.3 Å². The Balaban J connectivity index is 2.16. The summed E-state index contributed by atoms with van der Waals surface area (Å²) >= 11 is 0. The van der Waals surface area contributed by atoms with E-state index in [1.54, 1.807) is 24.1 Å². The Morgan fingerprint density at radius 2 is 2.00 bits per heavy atom. The molecule has 1 N–H and O–H groups in total. The minimum absolute atomic E-state index is 0.170. The van der Waals surface area contributed by atoms with Gasteiger partial charge in [0.1, 0.15) is 0 Å². The standard InChI is InChI=1S/C12H18N6O2/c1-4-6-18-8-9(7-14-18)20-12-16-10(13-3)15-11(17-12)19-5-2/h7-8H,4-6H2,1-3H3,(H,13,15,16,17). The molecular formula is C12H18N6O2. The lowest BCUT2D eigenvalue weighted by atomic mass is 10.5. The highest BCUT2D eigenvalue weighted by molar-refractivity contribution is 5.28. The number of aryl methyl sites for hydroxylation is 1. The number of hydrogen-bond acceptors (Lipinski definition) is 7. The highest BCUT2D eigenvalue weighted by atomic mass is 16.5. The molecule has 2 rings (SSSR count). The molecule has 0 radical (unpaired) electrons. The van der Waals surface area contributed by atoms with Gasteiger partial charge in [-0.3, -0.25) is 4.68 Å². The third-order valence-electron chi connectivity index (χ3n) is 2.36. The van der Waals surface area contributed by atoms with Crippen molar-refractivity contribution >= 4 is 5.95 Å². The summed E-state index contributed by atoms with van der Waals surface area (Å²) in [5.74, 6) is 0.966. The van der Waals surface area contributed by atoms with Crippen molar-refractivity contribution in [3.05, 3.63) is 12.4 Å². The quantitative estimate of drug-likeness (QED) is 0.824. The molecular weight excluding hydrogens is 260 g/mol. The second kappa shape index (κ2) is 6.69. The average molecular weight is 278 g/mol. The maximum atomic E-state index is 5.57. The van der Waals surface area contributed by atoms with Gasteiger partial charge in [-0.05, 0) is 13.3 Å². The second-order valence-corrected chi connectivity index (χ2v) is 3.95. The molecule has 0 saturated heterocycles. The molecule has 0 aliphatic carbocycles. The third kappa shape index (κ3) is 3.56. The fraction of sp³-hybridized carbons (Fsp3) is 0.500. The van der Waals surface area contributed by atoms with Gasteiger partial charge in [0.25, 0.3) is 0 Å². The number of ether oxygens (including phenoxy) is 2. The van der Waals surface area contributed by atoms with Crippen molar-refractivity contribution in [2.24, 2.45) is 0 Å². The summed E-state index contributed by atoms with van der Waals surface area (Å²) in [6.07, 6.45) is 4.43. The summed E-state index contributed by atoms with van der Waals surface area (Å²) < 4.78 is 12.6. The molecule has 0 aliphatic heterocycles. The van der Waals surface area contributed by atoms with Crippen molar-refractivity contribution in [1.82, 2.24) is 24.7 Å². The van der Waals surface area contributed by atoms with Crippen LogP contribution in [0.25, 0.3) is 0 Å². The molecule has 0 unspecified atom stereocenters. The molecule has 0 aliphatic rings. The molecule has 0 saturated carbocycles. The smallest absolute Gasteiger partial charge is 0.330 e. The maximum Gasteiger partial charge on any atom is 0.330 e. The average Bonchev–Trinajstić information content (AvgIpc) is 2.86. The lowest BCUT2D eigenvalue weighted by Gasteiger charge is -2.06. The van der Waals surface area contributed by atoms with Crippen molar-refractivity contribution in [3.8, 4) is 17.8 Å². The molecule has 2 aromatic heterocycles. The summed E-state index contributed by atoms with van der Waals surface area (Å²) in [4.78, 5) is 12.3. The van der Waals surface area contributed by atoms with E-state index in [1.165, 1.54) is 0 Å².